The van der Waals surface area contributed by atoms with Gasteiger partial charge in [0.25, 0.3) is 0 Å². The molecule has 0 heterocycles. The number of rotatable bonds is 2. The fourth-order valence-corrected chi connectivity index (χ4v) is 1.95. The zero-order chi connectivity index (χ0) is 13.2. The van der Waals surface area contributed by atoms with E-state index < -0.39 is 17.1 Å². The molecule has 94 valence electrons. The Morgan fingerprint density at radius 3 is 1.78 bits per heavy atom. The highest BCUT2D eigenvalue weighted by atomic mass is 35.5. The molecule has 0 bridgehead atoms. The summed E-state index contributed by atoms with van der Waals surface area (Å²) in [4.78, 5) is 0. The summed E-state index contributed by atoms with van der Waals surface area (Å²) in [5, 5.41) is -0.437. The summed E-state index contributed by atoms with van der Waals surface area (Å²) in [6.07, 6.45) is -4.31. The van der Waals surface area contributed by atoms with Crippen LogP contribution in [0, 0.1) is 0 Å². The molecule has 2 rings (SSSR count). The predicted octanol–water partition coefficient (Wildman–Crippen LogP) is 5.03. The molecule has 0 radical (unpaired) electrons. The first-order valence-electron chi connectivity index (χ1n) is 5.34. The topological polar surface area (TPSA) is 0 Å². The Morgan fingerprint density at radius 2 is 1.28 bits per heavy atom. The number of alkyl halides is 4. The summed E-state index contributed by atoms with van der Waals surface area (Å²) in [5.41, 5.74) is 0.845. The van der Waals surface area contributed by atoms with Crippen LogP contribution in [-0.4, -0.2) is 0 Å². The molecule has 18 heavy (non-hydrogen) atoms. The molecule has 2 aromatic rings. The molecule has 1 atom stereocenters. The molecule has 0 aliphatic heterocycles. The van der Waals surface area contributed by atoms with Crippen LogP contribution in [0.4, 0.5) is 13.2 Å². The second kappa shape index (κ2) is 5.02. The van der Waals surface area contributed by atoms with Gasteiger partial charge in [-0.15, -0.1) is 11.6 Å². The molecule has 2 aromatic carbocycles. The molecule has 0 amide bonds. The normalized spacial score (nSPS) is 13.3. The van der Waals surface area contributed by atoms with E-state index in [1.54, 1.807) is 0 Å². The van der Waals surface area contributed by atoms with E-state index in [4.69, 9.17) is 11.6 Å². The van der Waals surface area contributed by atoms with Gasteiger partial charge in [0, 0.05) is 0 Å². The van der Waals surface area contributed by atoms with Gasteiger partial charge in [-0.05, 0) is 23.3 Å². The molecule has 0 saturated heterocycles. The lowest BCUT2D eigenvalue weighted by Gasteiger charge is -2.12. The molecule has 0 N–H and O–H groups in total. The molecule has 0 nitrogen and oxygen atoms in total. The van der Waals surface area contributed by atoms with Crippen LogP contribution in [0.3, 0.4) is 0 Å². The predicted molar refractivity (Wildman–Crippen MR) is 65.6 cm³/mol. The highest BCUT2D eigenvalue weighted by molar-refractivity contribution is 6.22. The van der Waals surface area contributed by atoms with Crippen LogP contribution in [0.1, 0.15) is 22.1 Å². The van der Waals surface area contributed by atoms with Gasteiger partial charge in [-0.2, -0.15) is 13.2 Å². The summed E-state index contributed by atoms with van der Waals surface area (Å²) >= 11 is 6.22. The van der Waals surface area contributed by atoms with Crippen molar-refractivity contribution in [2.24, 2.45) is 0 Å². The molecule has 0 spiro atoms. The summed E-state index contributed by atoms with van der Waals surface area (Å²) in [7, 11) is 0. The standard InChI is InChI=1S/C14H10ClF3/c15-13(10-4-2-1-3-5-10)11-6-8-12(9-7-11)14(16,17)18/h1-9,13H. The number of halogens is 4. The third kappa shape index (κ3) is 2.85. The van der Waals surface area contributed by atoms with Gasteiger partial charge in [-0.3, -0.25) is 0 Å². The highest BCUT2D eigenvalue weighted by Gasteiger charge is 2.30. The zero-order valence-corrected chi connectivity index (χ0v) is 10.0. The first kappa shape index (κ1) is 13.0. The van der Waals surface area contributed by atoms with Crippen LogP contribution >= 0.6 is 11.6 Å². The summed E-state index contributed by atoms with van der Waals surface area (Å²) in [5.74, 6) is 0. The SMILES string of the molecule is FC(F)(F)c1ccc(C(Cl)c2ccccc2)cc1. The quantitative estimate of drug-likeness (QED) is 0.671. The van der Waals surface area contributed by atoms with Crippen molar-refractivity contribution in [1.29, 1.82) is 0 Å². The lowest BCUT2D eigenvalue weighted by Crippen LogP contribution is -2.04. The lowest BCUT2D eigenvalue weighted by atomic mass is 10.0. The van der Waals surface area contributed by atoms with Crippen molar-refractivity contribution in [3.8, 4) is 0 Å². The van der Waals surface area contributed by atoms with Gasteiger partial charge in [-0.25, -0.2) is 0 Å². The fraction of sp³-hybridized carbons (Fsp3) is 0.143. The number of benzene rings is 2. The Hall–Kier alpha value is -1.48. The molecule has 0 fully saturated rings. The Labute approximate surface area is 108 Å². The van der Waals surface area contributed by atoms with E-state index in [2.05, 4.69) is 0 Å². The van der Waals surface area contributed by atoms with Crippen LogP contribution in [0.15, 0.2) is 54.6 Å². The largest absolute Gasteiger partial charge is 0.416 e. The van der Waals surface area contributed by atoms with E-state index in [9.17, 15) is 13.2 Å². The average molecular weight is 271 g/mol. The Morgan fingerprint density at radius 1 is 0.778 bits per heavy atom. The molecule has 1 unspecified atom stereocenters. The van der Waals surface area contributed by atoms with Crippen molar-refractivity contribution in [3.63, 3.8) is 0 Å². The van der Waals surface area contributed by atoms with E-state index >= 15 is 0 Å². The molecular weight excluding hydrogens is 261 g/mol. The van der Waals surface area contributed by atoms with E-state index in [-0.39, 0.29) is 0 Å². The molecule has 4 heteroatoms. The maximum atomic E-state index is 12.4. The van der Waals surface area contributed by atoms with Crippen LogP contribution in [-0.2, 0) is 6.18 Å². The zero-order valence-electron chi connectivity index (χ0n) is 9.29. The van der Waals surface area contributed by atoms with E-state index in [1.165, 1.54) is 12.1 Å². The Kier molecular flexibility index (Phi) is 3.62. The summed E-state index contributed by atoms with van der Waals surface area (Å²) < 4.78 is 37.2. The van der Waals surface area contributed by atoms with Crippen molar-refractivity contribution in [3.05, 3.63) is 71.3 Å². The van der Waals surface area contributed by atoms with Crippen molar-refractivity contribution in [2.45, 2.75) is 11.6 Å². The molecule has 0 aromatic heterocycles. The summed E-state index contributed by atoms with van der Waals surface area (Å²) in [6, 6.07) is 14.1. The van der Waals surface area contributed by atoms with Crippen molar-refractivity contribution in [2.75, 3.05) is 0 Å². The van der Waals surface area contributed by atoms with E-state index in [0.29, 0.717) is 5.56 Å². The van der Waals surface area contributed by atoms with Gasteiger partial charge in [0.15, 0.2) is 0 Å². The van der Waals surface area contributed by atoms with Gasteiger partial charge < -0.3 is 0 Å². The Balaban J connectivity index is 2.25. The van der Waals surface area contributed by atoms with Crippen LogP contribution in [0.2, 0.25) is 0 Å². The number of hydrogen-bond acceptors (Lipinski definition) is 0. The molecule has 0 aliphatic rings. The second-order valence-electron chi connectivity index (χ2n) is 3.89. The van der Waals surface area contributed by atoms with Gasteiger partial charge in [0.05, 0.1) is 10.9 Å². The smallest absolute Gasteiger partial charge is 0.166 e. The van der Waals surface area contributed by atoms with Gasteiger partial charge in [0.1, 0.15) is 0 Å². The highest BCUT2D eigenvalue weighted by Crippen LogP contribution is 2.33. The van der Waals surface area contributed by atoms with Crippen molar-refractivity contribution < 1.29 is 13.2 Å². The third-order valence-corrected chi connectivity index (χ3v) is 3.13. The first-order chi connectivity index (χ1) is 8.48. The molecule has 0 saturated carbocycles. The fourth-order valence-electron chi connectivity index (χ4n) is 1.66. The minimum atomic E-state index is -4.31. The van der Waals surface area contributed by atoms with Gasteiger partial charge >= 0.3 is 6.18 Å². The van der Waals surface area contributed by atoms with Gasteiger partial charge in [-0.1, -0.05) is 42.5 Å². The van der Waals surface area contributed by atoms with Crippen LogP contribution in [0.25, 0.3) is 0 Å². The minimum absolute atomic E-state index is 0.437. The maximum absolute atomic E-state index is 12.4. The van der Waals surface area contributed by atoms with Crippen LogP contribution in [0.5, 0.6) is 0 Å². The molecule has 0 aliphatic carbocycles. The van der Waals surface area contributed by atoms with Crippen molar-refractivity contribution >= 4 is 11.6 Å². The van der Waals surface area contributed by atoms with Gasteiger partial charge in [0.2, 0.25) is 0 Å². The maximum Gasteiger partial charge on any atom is 0.416 e. The Bertz CT molecular complexity index is 503. The third-order valence-electron chi connectivity index (χ3n) is 2.62. The van der Waals surface area contributed by atoms with Crippen LogP contribution < -0.4 is 0 Å². The summed E-state index contributed by atoms with van der Waals surface area (Å²) in [6.45, 7) is 0. The second-order valence-corrected chi connectivity index (χ2v) is 4.33. The average Bonchev–Trinajstić information content (AvgIpc) is 2.38. The minimum Gasteiger partial charge on any atom is -0.166 e. The van der Waals surface area contributed by atoms with E-state index in [0.717, 1.165) is 17.7 Å². The monoisotopic (exact) mass is 270 g/mol. The number of hydrogen-bond donors (Lipinski definition) is 0. The van der Waals surface area contributed by atoms with E-state index in [1.807, 2.05) is 30.3 Å². The van der Waals surface area contributed by atoms with Crippen molar-refractivity contribution in [1.82, 2.24) is 0 Å². The first-order valence-corrected chi connectivity index (χ1v) is 5.78. The molecular formula is C14H10ClF3. The lowest BCUT2D eigenvalue weighted by molar-refractivity contribution is -0.137.